The molecule has 0 radical (unpaired) electrons. The largest absolute Gasteiger partial charge is 0.486 e. The van der Waals surface area contributed by atoms with Crippen LogP contribution in [0.2, 0.25) is 0 Å². The molecule has 1 rings (SSSR count). The van der Waals surface area contributed by atoms with Crippen LogP contribution in [0.4, 0.5) is 4.39 Å². The Morgan fingerprint density at radius 2 is 2.38 bits per heavy atom. The molecule has 4 nitrogen and oxygen atoms in total. The second-order valence-electron chi connectivity index (χ2n) is 2.81. The summed E-state index contributed by atoms with van der Waals surface area (Å²) in [6.45, 7) is -0.0465. The summed E-state index contributed by atoms with van der Waals surface area (Å²) in [5, 5.41) is 16.8. The molecule has 0 unspecified atom stereocenters. The molecule has 0 aliphatic rings. The van der Waals surface area contributed by atoms with Gasteiger partial charge in [0.2, 0.25) is 0 Å². The summed E-state index contributed by atoms with van der Waals surface area (Å²) in [6, 6.07) is 5.58. The molecule has 1 aromatic rings. The van der Waals surface area contributed by atoms with E-state index in [4.69, 9.17) is 15.1 Å². The van der Waals surface area contributed by atoms with Gasteiger partial charge in [-0.1, -0.05) is 0 Å². The van der Waals surface area contributed by atoms with Crippen molar-refractivity contribution < 1.29 is 19.0 Å². The number of hydrogen-bond donors (Lipinski definition) is 1. The smallest absolute Gasteiger partial charge is 0.328 e. The van der Waals surface area contributed by atoms with Crippen LogP contribution >= 0.6 is 0 Å². The van der Waals surface area contributed by atoms with Crippen molar-refractivity contribution >= 4 is 5.97 Å². The minimum absolute atomic E-state index is 0.0194. The first-order chi connectivity index (χ1) is 7.63. The summed E-state index contributed by atoms with van der Waals surface area (Å²) in [6.07, 6.45) is 2.15. The van der Waals surface area contributed by atoms with Gasteiger partial charge >= 0.3 is 5.97 Å². The topological polar surface area (TPSA) is 70.3 Å². The standard InChI is InChI=1S/C11H8FNO3/c12-9-6-8(7-13)3-4-10(9)16-5-1-2-11(14)15/h1-4,6H,5H2,(H,14,15)/b2-1+. The number of carboxylic acids is 1. The first-order valence-corrected chi connectivity index (χ1v) is 4.35. The fourth-order valence-electron chi connectivity index (χ4n) is 0.974. The molecule has 0 atom stereocenters. The summed E-state index contributed by atoms with van der Waals surface area (Å²) < 4.78 is 18.2. The van der Waals surface area contributed by atoms with Gasteiger partial charge in [0.25, 0.3) is 0 Å². The van der Waals surface area contributed by atoms with E-state index >= 15 is 0 Å². The van der Waals surface area contributed by atoms with Crippen molar-refractivity contribution in [2.24, 2.45) is 0 Å². The fraction of sp³-hybridized carbons (Fsp3) is 0.0909. The van der Waals surface area contributed by atoms with E-state index in [1.807, 2.05) is 0 Å². The molecule has 0 aliphatic carbocycles. The molecule has 16 heavy (non-hydrogen) atoms. The lowest BCUT2D eigenvalue weighted by Crippen LogP contribution is -1.97. The van der Waals surface area contributed by atoms with Crippen molar-refractivity contribution in [1.29, 1.82) is 5.26 Å². The van der Waals surface area contributed by atoms with E-state index in [0.717, 1.165) is 12.1 Å². The van der Waals surface area contributed by atoms with E-state index < -0.39 is 11.8 Å². The van der Waals surface area contributed by atoms with Gasteiger partial charge in [-0.25, -0.2) is 9.18 Å². The number of ether oxygens (including phenoxy) is 1. The Hall–Kier alpha value is -2.35. The maximum absolute atomic E-state index is 13.2. The number of halogens is 1. The second-order valence-corrected chi connectivity index (χ2v) is 2.81. The maximum atomic E-state index is 13.2. The molecule has 0 saturated heterocycles. The summed E-state index contributed by atoms with van der Waals surface area (Å²) in [4.78, 5) is 10.1. The molecule has 0 heterocycles. The summed E-state index contributed by atoms with van der Waals surface area (Å²) >= 11 is 0. The van der Waals surface area contributed by atoms with Crippen molar-refractivity contribution in [3.05, 3.63) is 41.7 Å². The van der Waals surface area contributed by atoms with Crippen molar-refractivity contribution in [1.82, 2.24) is 0 Å². The Labute approximate surface area is 91.2 Å². The summed E-state index contributed by atoms with van der Waals surface area (Å²) in [5.74, 6) is -1.76. The highest BCUT2D eigenvalue weighted by Crippen LogP contribution is 2.17. The molecule has 0 amide bonds. The lowest BCUT2D eigenvalue weighted by Gasteiger charge is -2.03. The fourth-order valence-corrected chi connectivity index (χ4v) is 0.974. The zero-order valence-electron chi connectivity index (χ0n) is 8.18. The highest BCUT2D eigenvalue weighted by atomic mass is 19.1. The van der Waals surface area contributed by atoms with Crippen LogP contribution in [-0.4, -0.2) is 17.7 Å². The molecular formula is C11H8FNO3. The van der Waals surface area contributed by atoms with Crippen LogP contribution in [0.25, 0.3) is 0 Å². The van der Waals surface area contributed by atoms with E-state index in [0.29, 0.717) is 0 Å². The van der Waals surface area contributed by atoms with Crippen LogP contribution in [0, 0.1) is 17.1 Å². The second kappa shape index (κ2) is 5.51. The zero-order chi connectivity index (χ0) is 12.0. The number of carbonyl (C=O) groups is 1. The molecule has 0 fully saturated rings. The van der Waals surface area contributed by atoms with Crippen LogP contribution in [0.1, 0.15) is 5.56 Å². The quantitative estimate of drug-likeness (QED) is 0.786. The molecule has 1 N–H and O–H groups in total. The number of hydrogen-bond acceptors (Lipinski definition) is 3. The third-order valence-electron chi connectivity index (χ3n) is 1.66. The number of rotatable bonds is 4. The van der Waals surface area contributed by atoms with E-state index in [1.165, 1.54) is 18.2 Å². The molecule has 1 aromatic carbocycles. The SMILES string of the molecule is N#Cc1ccc(OC/C=C/C(=O)O)c(F)c1. The lowest BCUT2D eigenvalue weighted by molar-refractivity contribution is -0.131. The summed E-state index contributed by atoms with van der Waals surface area (Å²) in [7, 11) is 0. The lowest BCUT2D eigenvalue weighted by atomic mass is 10.2. The molecular weight excluding hydrogens is 213 g/mol. The molecule has 0 aromatic heterocycles. The van der Waals surface area contributed by atoms with E-state index in [2.05, 4.69) is 0 Å². The van der Waals surface area contributed by atoms with Crippen molar-refractivity contribution in [3.63, 3.8) is 0 Å². The molecule has 0 spiro atoms. The molecule has 5 heteroatoms. The Morgan fingerprint density at radius 3 is 2.94 bits per heavy atom. The van der Waals surface area contributed by atoms with Crippen LogP contribution in [0.3, 0.4) is 0 Å². The van der Waals surface area contributed by atoms with Gasteiger partial charge in [0.1, 0.15) is 6.61 Å². The van der Waals surface area contributed by atoms with E-state index in [1.54, 1.807) is 6.07 Å². The number of aliphatic carboxylic acids is 1. The van der Waals surface area contributed by atoms with Crippen molar-refractivity contribution in [2.45, 2.75) is 0 Å². The van der Waals surface area contributed by atoms with Crippen molar-refractivity contribution in [3.8, 4) is 11.8 Å². The third kappa shape index (κ3) is 3.42. The van der Waals surface area contributed by atoms with Crippen molar-refractivity contribution in [2.75, 3.05) is 6.61 Å². The van der Waals surface area contributed by atoms with Gasteiger partial charge in [0.05, 0.1) is 11.6 Å². The minimum Gasteiger partial charge on any atom is -0.486 e. The minimum atomic E-state index is -1.09. The average Bonchev–Trinajstić information content (AvgIpc) is 2.25. The number of nitriles is 1. The Balaban J connectivity index is 2.62. The van der Waals surface area contributed by atoms with E-state index in [9.17, 15) is 9.18 Å². The Kier molecular flexibility index (Phi) is 4.04. The van der Waals surface area contributed by atoms with Crippen LogP contribution < -0.4 is 4.74 Å². The van der Waals surface area contributed by atoms with Gasteiger partial charge in [0, 0.05) is 6.08 Å². The third-order valence-corrected chi connectivity index (χ3v) is 1.66. The van der Waals surface area contributed by atoms with Gasteiger partial charge in [-0.2, -0.15) is 5.26 Å². The van der Waals surface area contributed by atoms with E-state index in [-0.39, 0.29) is 17.9 Å². The molecule has 0 saturated carbocycles. The van der Waals surface area contributed by atoms with Gasteiger partial charge in [-0.3, -0.25) is 0 Å². The predicted molar refractivity (Wildman–Crippen MR) is 53.4 cm³/mol. The Morgan fingerprint density at radius 1 is 1.62 bits per heavy atom. The molecule has 0 aliphatic heterocycles. The number of nitrogens with zero attached hydrogens (tertiary/aromatic N) is 1. The number of benzene rings is 1. The van der Waals surface area contributed by atoms with Gasteiger partial charge in [0.15, 0.2) is 11.6 Å². The van der Waals surface area contributed by atoms with Crippen LogP contribution in [-0.2, 0) is 4.79 Å². The molecule has 82 valence electrons. The van der Waals surface area contributed by atoms with Gasteiger partial charge in [-0.05, 0) is 24.3 Å². The molecule has 0 bridgehead atoms. The van der Waals surface area contributed by atoms with Crippen LogP contribution in [0.15, 0.2) is 30.4 Å². The highest BCUT2D eigenvalue weighted by Gasteiger charge is 2.03. The Bertz CT molecular complexity index is 463. The normalized spacial score (nSPS) is 10.0. The predicted octanol–water partition coefficient (Wildman–Crippen LogP) is 1.72. The first-order valence-electron chi connectivity index (χ1n) is 4.35. The van der Waals surface area contributed by atoms with Gasteiger partial charge in [-0.15, -0.1) is 0 Å². The monoisotopic (exact) mass is 221 g/mol. The zero-order valence-corrected chi connectivity index (χ0v) is 8.18. The van der Waals surface area contributed by atoms with Gasteiger partial charge < -0.3 is 9.84 Å². The van der Waals surface area contributed by atoms with Crippen LogP contribution in [0.5, 0.6) is 5.75 Å². The first kappa shape index (κ1) is 11.7. The maximum Gasteiger partial charge on any atom is 0.328 e. The number of carboxylic acid groups (broad SMARTS) is 1. The summed E-state index contributed by atoms with van der Waals surface area (Å²) in [5.41, 5.74) is 0.200. The highest BCUT2D eigenvalue weighted by molar-refractivity contribution is 5.79. The average molecular weight is 221 g/mol.